The van der Waals surface area contributed by atoms with Crippen molar-refractivity contribution in [2.75, 3.05) is 6.54 Å². The van der Waals surface area contributed by atoms with E-state index in [1.54, 1.807) is 31.7 Å². The molecule has 0 radical (unpaired) electrons. The topological polar surface area (TPSA) is 58.6 Å². The van der Waals surface area contributed by atoms with Gasteiger partial charge in [-0.15, -0.1) is 0 Å². The van der Waals surface area contributed by atoms with Crippen LogP contribution in [0.25, 0.3) is 0 Å². The highest BCUT2D eigenvalue weighted by molar-refractivity contribution is 5.83. The zero-order valence-corrected chi connectivity index (χ0v) is 16.2. The number of carbonyl (C=O) groups is 2. The van der Waals surface area contributed by atoms with Crippen LogP contribution in [-0.2, 0) is 22.3 Å². The lowest BCUT2D eigenvalue weighted by molar-refractivity contribution is -0.173. The molecule has 0 aromatic heterocycles. The first-order valence-electron chi connectivity index (χ1n) is 9.31. The van der Waals surface area contributed by atoms with Crippen molar-refractivity contribution in [3.8, 4) is 0 Å². The van der Waals surface area contributed by atoms with Crippen molar-refractivity contribution in [3.05, 3.63) is 35.4 Å². The zero-order chi connectivity index (χ0) is 20.7. The number of nitrogens with one attached hydrogen (secondary N) is 1. The highest BCUT2D eigenvalue weighted by Gasteiger charge is 2.61. The van der Waals surface area contributed by atoms with Crippen LogP contribution in [0.2, 0.25) is 0 Å². The van der Waals surface area contributed by atoms with Gasteiger partial charge in [0.1, 0.15) is 12.1 Å². The van der Waals surface area contributed by atoms with Gasteiger partial charge in [0.05, 0.1) is 5.56 Å². The summed E-state index contributed by atoms with van der Waals surface area (Å²) in [5.41, 5.74) is -1.28. The van der Waals surface area contributed by atoms with E-state index in [0.717, 1.165) is 31.4 Å². The maximum Gasteiger partial charge on any atom is 0.416 e. The quantitative estimate of drug-likeness (QED) is 0.812. The number of ether oxygens (including phenoxy) is 1. The van der Waals surface area contributed by atoms with Crippen LogP contribution >= 0.6 is 0 Å². The monoisotopic (exact) mass is 398 g/mol. The average molecular weight is 398 g/mol. The molecule has 0 atom stereocenters. The molecule has 28 heavy (non-hydrogen) atoms. The van der Waals surface area contributed by atoms with E-state index in [9.17, 15) is 22.8 Å². The largest absolute Gasteiger partial charge is 0.444 e. The van der Waals surface area contributed by atoms with Crippen LogP contribution in [-0.4, -0.2) is 34.6 Å². The number of hydrogen-bond acceptors (Lipinski definition) is 3. The Kier molecular flexibility index (Phi) is 5.10. The average Bonchev–Trinajstić information content (AvgIpc) is 2.46. The number of alkyl halides is 3. The number of carbonyl (C=O) groups excluding carboxylic acids is 2. The molecule has 0 heterocycles. The Morgan fingerprint density at radius 1 is 1.21 bits per heavy atom. The standard InChI is InChI=1S/C20H25F3N2O3/c1-18(2,3)28-17(27)24-11-16(26)25(19-8-14(9-19)10-19)12-13-5-4-6-15(7-13)20(21,22)23/h4-7,14H,8-12H2,1-3H3,(H,24,27). The maximum absolute atomic E-state index is 13.0. The molecule has 154 valence electrons. The minimum Gasteiger partial charge on any atom is -0.444 e. The van der Waals surface area contributed by atoms with Gasteiger partial charge in [0.25, 0.3) is 0 Å². The predicted molar refractivity (Wildman–Crippen MR) is 96.3 cm³/mol. The summed E-state index contributed by atoms with van der Waals surface area (Å²) < 4.78 is 44.1. The van der Waals surface area contributed by atoms with Gasteiger partial charge in [-0.1, -0.05) is 12.1 Å². The van der Waals surface area contributed by atoms with Gasteiger partial charge in [0.15, 0.2) is 0 Å². The Hall–Kier alpha value is -2.25. The first kappa shape index (κ1) is 20.5. The number of benzene rings is 1. The molecule has 1 aromatic rings. The first-order valence-corrected chi connectivity index (χ1v) is 9.31. The molecule has 3 aliphatic rings. The third kappa shape index (κ3) is 4.42. The van der Waals surface area contributed by atoms with Crippen LogP contribution < -0.4 is 5.32 Å². The molecular formula is C20H25F3N2O3. The number of nitrogens with zero attached hydrogens (tertiary/aromatic N) is 1. The third-order valence-electron chi connectivity index (χ3n) is 5.26. The molecular weight excluding hydrogens is 373 g/mol. The fourth-order valence-electron chi connectivity index (χ4n) is 3.87. The summed E-state index contributed by atoms with van der Waals surface area (Å²) in [4.78, 5) is 26.2. The smallest absolute Gasteiger partial charge is 0.416 e. The van der Waals surface area contributed by atoms with Gasteiger partial charge in [-0.05, 0) is 63.6 Å². The molecule has 1 N–H and O–H groups in total. The van der Waals surface area contributed by atoms with E-state index in [1.807, 2.05) is 0 Å². The van der Waals surface area contributed by atoms with Crippen LogP contribution in [0.15, 0.2) is 24.3 Å². The predicted octanol–water partition coefficient (Wildman–Crippen LogP) is 4.11. The minimum atomic E-state index is -4.43. The van der Waals surface area contributed by atoms with Gasteiger partial charge >= 0.3 is 12.3 Å². The van der Waals surface area contributed by atoms with Crippen molar-refractivity contribution in [3.63, 3.8) is 0 Å². The summed E-state index contributed by atoms with van der Waals surface area (Å²) in [6.45, 7) is 4.99. The van der Waals surface area contributed by atoms with E-state index in [0.29, 0.717) is 11.5 Å². The third-order valence-corrected chi connectivity index (χ3v) is 5.26. The van der Waals surface area contributed by atoms with E-state index < -0.39 is 23.4 Å². The number of amides is 2. The second kappa shape index (κ2) is 6.97. The summed E-state index contributed by atoms with van der Waals surface area (Å²) in [5.74, 6) is 0.275. The molecule has 8 heteroatoms. The van der Waals surface area contributed by atoms with E-state index in [4.69, 9.17) is 4.74 Å². The Morgan fingerprint density at radius 2 is 1.86 bits per heavy atom. The highest BCUT2D eigenvalue weighted by Crippen LogP contribution is 2.60. The number of hydrogen-bond donors (Lipinski definition) is 1. The van der Waals surface area contributed by atoms with E-state index in [1.165, 1.54) is 6.07 Å². The molecule has 0 spiro atoms. The molecule has 0 saturated heterocycles. The van der Waals surface area contributed by atoms with Crippen molar-refractivity contribution in [1.29, 1.82) is 0 Å². The lowest BCUT2D eigenvalue weighted by Crippen LogP contribution is -2.69. The SMILES string of the molecule is CC(C)(C)OC(=O)NCC(=O)N(Cc1cccc(C(F)(F)F)c1)C12CC(C1)C2. The van der Waals surface area contributed by atoms with Crippen LogP contribution in [0, 0.1) is 5.92 Å². The van der Waals surface area contributed by atoms with Crippen LogP contribution in [0.1, 0.15) is 51.2 Å². The van der Waals surface area contributed by atoms with Crippen LogP contribution in [0.4, 0.5) is 18.0 Å². The molecule has 0 aliphatic heterocycles. The summed E-state index contributed by atoms with van der Waals surface area (Å²) in [7, 11) is 0. The molecule has 4 rings (SSSR count). The summed E-state index contributed by atoms with van der Waals surface area (Å²) >= 11 is 0. The van der Waals surface area contributed by atoms with Crippen molar-refractivity contribution in [2.24, 2.45) is 5.92 Å². The minimum absolute atomic E-state index is 0.0888. The number of rotatable bonds is 5. The van der Waals surface area contributed by atoms with E-state index in [-0.39, 0.29) is 24.5 Å². The Morgan fingerprint density at radius 3 is 2.36 bits per heavy atom. The van der Waals surface area contributed by atoms with Gasteiger partial charge < -0.3 is 15.0 Å². The van der Waals surface area contributed by atoms with Gasteiger partial charge in [-0.3, -0.25) is 4.79 Å². The maximum atomic E-state index is 13.0. The van der Waals surface area contributed by atoms with Gasteiger partial charge in [-0.25, -0.2) is 4.79 Å². The highest BCUT2D eigenvalue weighted by atomic mass is 19.4. The second-order valence-corrected chi connectivity index (χ2v) is 8.74. The molecule has 3 aliphatic carbocycles. The summed E-state index contributed by atoms with van der Waals surface area (Å²) in [5, 5.41) is 2.45. The Labute approximate surface area is 162 Å². The Balaban J connectivity index is 1.69. The lowest BCUT2D eigenvalue weighted by atomic mass is 9.49. The lowest BCUT2D eigenvalue weighted by Gasteiger charge is -2.66. The van der Waals surface area contributed by atoms with E-state index >= 15 is 0 Å². The van der Waals surface area contributed by atoms with Crippen LogP contribution in [0.3, 0.4) is 0 Å². The molecule has 2 bridgehead atoms. The fraction of sp³-hybridized carbons (Fsp3) is 0.600. The summed E-state index contributed by atoms with van der Waals surface area (Å²) in [6.07, 6.45) is -2.53. The molecule has 5 nitrogen and oxygen atoms in total. The number of halogens is 3. The second-order valence-electron chi connectivity index (χ2n) is 8.74. The molecule has 2 amide bonds. The zero-order valence-electron chi connectivity index (χ0n) is 16.2. The van der Waals surface area contributed by atoms with E-state index in [2.05, 4.69) is 5.32 Å². The normalized spacial score (nSPS) is 23.3. The van der Waals surface area contributed by atoms with Gasteiger partial charge in [0, 0.05) is 12.1 Å². The van der Waals surface area contributed by atoms with Gasteiger partial charge in [-0.2, -0.15) is 13.2 Å². The van der Waals surface area contributed by atoms with Crippen molar-refractivity contribution < 1.29 is 27.5 Å². The Bertz CT molecular complexity index is 754. The summed E-state index contributed by atoms with van der Waals surface area (Å²) in [6, 6.07) is 5.03. The molecule has 0 unspecified atom stereocenters. The van der Waals surface area contributed by atoms with Crippen molar-refractivity contribution in [2.45, 2.75) is 63.9 Å². The van der Waals surface area contributed by atoms with Crippen molar-refractivity contribution in [1.82, 2.24) is 10.2 Å². The first-order chi connectivity index (χ1) is 12.9. The molecule has 3 saturated carbocycles. The number of alkyl carbamates (subject to hydrolysis) is 1. The fourth-order valence-corrected chi connectivity index (χ4v) is 3.87. The molecule has 1 aromatic carbocycles. The molecule has 3 fully saturated rings. The van der Waals surface area contributed by atoms with Crippen molar-refractivity contribution >= 4 is 12.0 Å². The van der Waals surface area contributed by atoms with Gasteiger partial charge in [0.2, 0.25) is 5.91 Å². The van der Waals surface area contributed by atoms with Crippen LogP contribution in [0.5, 0.6) is 0 Å².